The average Bonchev–Trinajstić information content (AvgIpc) is 3.04. The summed E-state index contributed by atoms with van der Waals surface area (Å²) in [6.07, 6.45) is 6.74. The van der Waals surface area contributed by atoms with Crippen molar-refractivity contribution in [1.82, 2.24) is 4.98 Å². The lowest BCUT2D eigenvalue weighted by Gasteiger charge is -2.13. The Morgan fingerprint density at radius 2 is 1.91 bits per heavy atom. The highest BCUT2D eigenvalue weighted by molar-refractivity contribution is 9.10. The highest BCUT2D eigenvalue weighted by Crippen LogP contribution is 2.22. The van der Waals surface area contributed by atoms with Gasteiger partial charge in [0.25, 0.3) is 5.91 Å². The summed E-state index contributed by atoms with van der Waals surface area (Å²) in [6, 6.07) is 9.95. The van der Waals surface area contributed by atoms with Crippen LogP contribution in [-0.2, 0) is 0 Å². The van der Waals surface area contributed by atoms with E-state index >= 15 is 0 Å². The zero-order chi connectivity index (χ0) is 16.2. The molecule has 0 saturated heterocycles. The molecule has 1 aliphatic rings. The third-order valence-electron chi connectivity index (χ3n) is 4.14. The molecule has 5 heteroatoms. The minimum atomic E-state index is -0.195. The molecule has 23 heavy (non-hydrogen) atoms. The van der Waals surface area contributed by atoms with E-state index in [1.807, 2.05) is 31.2 Å². The van der Waals surface area contributed by atoms with Crippen molar-refractivity contribution >= 4 is 33.2 Å². The van der Waals surface area contributed by atoms with Crippen LogP contribution < -0.4 is 10.6 Å². The Morgan fingerprint density at radius 3 is 2.57 bits per heavy atom. The van der Waals surface area contributed by atoms with Gasteiger partial charge in [0.2, 0.25) is 0 Å². The van der Waals surface area contributed by atoms with Gasteiger partial charge in [0.15, 0.2) is 0 Å². The highest BCUT2D eigenvalue weighted by Gasteiger charge is 2.15. The number of halogens is 1. The molecule has 4 nitrogen and oxygen atoms in total. The lowest BCUT2D eigenvalue weighted by molar-refractivity contribution is 0.102. The quantitative estimate of drug-likeness (QED) is 0.811. The largest absolute Gasteiger partial charge is 0.381 e. The molecular weight excluding hydrogens is 354 g/mol. The number of carbonyl (C=O) groups excluding carboxylic acids is 1. The zero-order valence-corrected chi connectivity index (χ0v) is 14.7. The summed E-state index contributed by atoms with van der Waals surface area (Å²) < 4.78 is 1.02. The molecule has 0 spiro atoms. The summed E-state index contributed by atoms with van der Waals surface area (Å²) in [7, 11) is 0. The molecule has 1 fully saturated rings. The van der Waals surface area contributed by atoms with Crippen molar-refractivity contribution in [1.29, 1.82) is 0 Å². The van der Waals surface area contributed by atoms with Crippen LogP contribution in [0.4, 0.5) is 11.4 Å². The maximum atomic E-state index is 12.3. The van der Waals surface area contributed by atoms with Gasteiger partial charge >= 0.3 is 0 Å². The predicted octanol–water partition coefficient (Wildman–Crippen LogP) is 4.76. The molecule has 0 bridgehead atoms. The molecule has 1 saturated carbocycles. The number of anilines is 2. The van der Waals surface area contributed by atoms with E-state index in [-0.39, 0.29) is 5.91 Å². The number of aromatic nitrogens is 1. The molecule has 1 heterocycles. The second kappa shape index (κ2) is 7.13. The van der Waals surface area contributed by atoms with E-state index in [1.54, 1.807) is 12.3 Å². The van der Waals surface area contributed by atoms with Gasteiger partial charge in [-0.15, -0.1) is 0 Å². The first-order chi connectivity index (χ1) is 11.1. The summed E-state index contributed by atoms with van der Waals surface area (Å²) in [5, 5.41) is 6.35. The van der Waals surface area contributed by atoms with Gasteiger partial charge in [-0.05, 0) is 55.7 Å². The van der Waals surface area contributed by atoms with Gasteiger partial charge in [-0.1, -0.05) is 28.8 Å². The van der Waals surface area contributed by atoms with Gasteiger partial charge in [0.1, 0.15) is 5.69 Å². The Hall–Kier alpha value is -1.88. The van der Waals surface area contributed by atoms with Crippen LogP contribution in [0.25, 0.3) is 0 Å². The van der Waals surface area contributed by atoms with E-state index in [1.165, 1.54) is 25.7 Å². The molecule has 120 valence electrons. The first kappa shape index (κ1) is 16.0. The fourth-order valence-corrected chi connectivity index (χ4v) is 3.08. The SMILES string of the molecule is Cc1cc(NC(=O)c2ccc(NC3CCCC3)cn2)ccc1Br. The van der Waals surface area contributed by atoms with Crippen LogP contribution in [0.3, 0.4) is 0 Å². The molecule has 3 rings (SSSR count). The molecule has 0 radical (unpaired) electrons. The summed E-state index contributed by atoms with van der Waals surface area (Å²) in [6.45, 7) is 1.99. The van der Waals surface area contributed by atoms with E-state index < -0.39 is 0 Å². The monoisotopic (exact) mass is 373 g/mol. The topological polar surface area (TPSA) is 54.0 Å². The minimum Gasteiger partial charge on any atom is -0.381 e. The van der Waals surface area contributed by atoms with Crippen LogP contribution in [0.1, 0.15) is 41.7 Å². The lowest BCUT2D eigenvalue weighted by atomic mass is 10.2. The number of hydrogen-bond acceptors (Lipinski definition) is 3. The van der Waals surface area contributed by atoms with Crippen molar-refractivity contribution in [3.8, 4) is 0 Å². The number of rotatable bonds is 4. The Morgan fingerprint density at radius 1 is 1.17 bits per heavy atom. The lowest BCUT2D eigenvalue weighted by Crippen LogP contribution is -2.16. The number of hydrogen-bond donors (Lipinski definition) is 2. The molecule has 1 aliphatic carbocycles. The smallest absolute Gasteiger partial charge is 0.274 e. The first-order valence-corrected chi connectivity index (χ1v) is 8.71. The molecular formula is C18H20BrN3O. The third-order valence-corrected chi connectivity index (χ3v) is 5.03. The number of aryl methyl sites for hydroxylation is 1. The Kier molecular flexibility index (Phi) is 4.96. The Bertz CT molecular complexity index is 694. The van der Waals surface area contributed by atoms with Crippen molar-refractivity contribution < 1.29 is 4.79 Å². The number of carbonyl (C=O) groups is 1. The van der Waals surface area contributed by atoms with Crippen molar-refractivity contribution in [3.63, 3.8) is 0 Å². The Labute approximate surface area is 144 Å². The van der Waals surface area contributed by atoms with Crippen LogP contribution >= 0.6 is 15.9 Å². The third kappa shape index (κ3) is 4.10. The van der Waals surface area contributed by atoms with Crippen molar-refractivity contribution in [2.75, 3.05) is 10.6 Å². The second-order valence-electron chi connectivity index (χ2n) is 5.98. The van der Waals surface area contributed by atoms with Crippen molar-refractivity contribution in [2.45, 2.75) is 38.6 Å². The van der Waals surface area contributed by atoms with Crippen LogP contribution in [0.5, 0.6) is 0 Å². The van der Waals surface area contributed by atoms with E-state index in [4.69, 9.17) is 0 Å². The predicted molar refractivity (Wildman–Crippen MR) is 96.9 cm³/mol. The van der Waals surface area contributed by atoms with Gasteiger partial charge < -0.3 is 10.6 Å². The van der Waals surface area contributed by atoms with Gasteiger partial charge in [0.05, 0.1) is 11.9 Å². The highest BCUT2D eigenvalue weighted by atomic mass is 79.9. The summed E-state index contributed by atoms with van der Waals surface area (Å²) in [5.74, 6) is -0.195. The van der Waals surface area contributed by atoms with Crippen molar-refractivity contribution in [3.05, 3.63) is 52.3 Å². The number of benzene rings is 1. The summed E-state index contributed by atoms with van der Waals surface area (Å²) in [5.41, 5.74) is 3.24. The van der Waals surface area contributed by atoms with E-state index in [0.717, 1.165) is 21.4 Å². The number of nitrogens with zero attached hydrogens (tertiary/aromatic N) is 1. The van der Waals surface area contributed by atoms with Crippen molar-refractivity contribution in [2.24, 2.45) is 0 Å². The summed E-state index contributed by atoms with van der Waals surface area (Å²) in [4.78, 5) is 16.5. The molecule has 1 aromatic carbocycles. The molecule has 2 aromatic rings. The van der Waals surface area contributed by atoms with Gasteiger partial charge in [0, 0.05) is 16.2 Å². The van der Waals surface area contributed by atoms with Crippen LogP contribution in [0, 0.1) is 6.92 Å². The maximum Gasteiger partial charge on any atom is 0.274 e. The van der Waals surface area contributed by atoms with Crippen LogP contribution in [0.15, 0.2) is 41.0 Å². The van der Waals surface area contributed by atoms with Gasteiger partial charge in [-0.25, -0.2) is 4.98 Å². The van der Waals surface area contributed by atoms with Gasteiger partial charge in [-0.3, -0.25) is 4.79 Å². The number of amides is 1. The van der Waals surface area contributed by atoms with E-state index in [0.29, 0.717) is 11.7 Å². The number of nitrogens with one attached hydrogen (secondary N) is 2. The molecule has 0 aliphatic heterocycles. The fraction of sp³-hybridized carbons (Fsp3) is 0.333. The second-order valence-corrected chi connectivity index (χ2v) is 6.83. The fourth-order valence-electron chi connectivity index (χ4n) is 2.84. The van der Waals surface area contributed by atoms with E-state index in [9.17, 15) is 4.79 Å². The number of pyridine rings is 1. The van der Waals surface area contributed by atoms with E-state index in [2.05, 4.69) is 31.5 Å². The first-order valence-electron chi connectivity index (χ1n) is 7.92. The molecule has 2 N–H and O–H groups in total. The molecule has 0 atom stereocenters. The van der Waals surface area contributed by atoms with Crippen LogP contribution in [0.2, 0.25) is 0 Å². The Balaban J connectivity index is 1.63. The standard InChI is InChI=1S/C18H20BrN3O/c1-12-10-14(6-8-16(12)19)22-18(23)17-9-7-15(11-20-17)21-13-4-2-3-5-13/h6-11,13,21H,2-5H2,1H3,(H,22,23). The van der Waals surface area contributed by atoms with Gasteiger partial charge in [-0.2, -0.15) is 0 Å². The normalized spacial score (nSPS) is 14.7. The minimum absolute atomic E-state index is 0.195. The molecule has 0 unspecified atom stereocenters. The molecule has 1 aromatic heterocycles. The van der Waals surface area contributed by atoms with Crippen LogP contribution in [-0.4, -0.2) is 16.9 Å². The average molecular weight is 374 g/mol. The maximum absolute atomic E-state index is 12.3. The summed E-state index contributed by atoms with van der Waals surface area (Å²) >= 11 is 3.45. The zero-order valence-electron chi connectivity index (χ0n) is 13.1. The molecule has 1 amide bonds.